The summed E-state index contributed by atoms with van der Waals surface area (Å²) >= 11 is 1.53. The van der Waals surface area contributed by atoms with Crippen LogP contribution in [-0.2, 0) is 4.79 Å². The zero-order valence-electron chi connectivity index (χ0n) is 14.1. The van der Waals surface area contributed by atoms with E-state index in [4.69, 9.17) is 5.73 Å². The van der Waals surface area contributed by atoms with Crippen molar-refractivity contribution in [2.75, 3.05) is 32.7 Å². The van der Waals surface area contributed by atoms with E-state index in [1.807, 2.05) is 28.9 Å². The SMILES string of the molecule is Cc1ccc(C(=O)N2CCN(C(=O)[C@@H]3CCC[C@@H]3CN)CC2)s1.Cl. The maximum atomic E-state index is 12.7. The van der Waals surface area contributed by atoms with Gasteiger partial charge in [0.05, 0.1) is 4.88 Å². The fourth-order valence-corrected chi connectivity index (χ4v) is 4.55. The molecule has 2 N–H and O–H groups in total. The third kappa shape index (κ3) is 3.92. The summed E-state index contributed by atoms with van der Waals surface area (Å²) in [7, 11) is 0. The van der Waals surface area contributed by atoms with Crippen LogP contribution in [0.25, 0.3) is 0 Å². The number of thiophene rings is 1. The van der Waals surface area contributed by atoms with E-state index in [1.54, 1.807) is 0 Å². The van der Waals surface area contributed by atoms with Gasteiger partial charge >= 0.3 is 0 Å². The van der Waals surface area contributed by atoms with Gasteiger partial charge in [-0.15, -0.1) is 23.7 Å². The van der Waals surface area contributed by atoms with Crippen LogP contribution in [0.3, 0.4) is 0 Å². The molecule has 1 saturated carbocycles. The van der Waals surface area contributed by atoms with Crippen molar-refractivity contribution in [2.24, 2.45) is 17.6 Å². The monoisotopic (exact) mass is 371 g/mol. The number of aryl methyl sites for hydroxylation is 1. The van der Waals surface area contributed by atoms with Crippen molar-refractivity contribution in [1.29, 1.82) is 0 Å². The van der Waals surface area contributed by atoms with Gasteiger partial charge < -0.3 is 15.5 Å². The number of piperazine rings is 1. The number of hydrogen-bond acceptors (Lipinski definition) is 4. The molecule has 0 spiro atoms. The number of nitrogens with two attached hydrogens (primary N) is 1. The Morgan fingerprint density at radius 3 is 2.42 bits per heavy atom. The van der Waals surface area contributed by atoms with Crippen molar-refractivity contribution < 1.29 is 9.59 Å². The van der Waals surface area contributed by atoms with E-state index in [2.05, 4.69) is 0 Å². The van der Waals surface area contributed by atoms with Gasteiger partial charge in [0.15, 0.2) is 0 Å². The molecule has 1 aliphatic carbocycles. The number of hydrogen-bond donors (Lipinski definition) is 1. The second kappa shape index (κ2) is 8.32. The lowest BCUT2D eigenvalue weighted by Gasteiger charge is -2.36. The van der Waals surface area contributed by atoms with Crippen molar-refractivity contribution >= 4 is 35.6 Å². The first-order chi connectivity index (χ1) is 11.1. The van der Waals surface area contributed by atoms with Crippen LogP contribution in [-0.4, -0.2) is 54.3 Å². The molecule has 24 heavy (non-hydrogen) atoms. The Hall–Kier alpha value is -1.11. The maximum Gasteiger partial charge on any atom is 0.264 e. The van der Waals surface area contributed by atoms with Gasteiger partial charge in [-0.1, -0.05) is 6.42 Å². The molecule has 1 aromatic heterocycles. The molecule has 2 fully saturated rings. The van der Waals surface area contributed by atoms with Gasteiger partial charge in [0.2, 0.25) is 5.91 Å². The molecule has 1 aromatic rings. The summed E-state index contributed by atoms with van der Waals surface area (Å²) in [4.78, 5) is 30.9. The minimum Gasteiger partial charge on any atom is -0.339 e. The molecule has 7 heteroatoms. The van der Waals surface area contributed by atoms with Gasteiger partial charge in [-0.3, -0.25) is 9.59 Å². The largest absolute Gasteiger partial charge is 0.339 e. The van der Waals surface area contributed by atoms with Crippen LogP contribution >= 0.6 is 23.7 Å². The van der Waals surface area contributed by atoms with Gasteiger partial charge in [0.1, 0.15) is 0 Å². The lowest BCUT2D eigenvalue weighted by Crippen LogP contribution is -2.52. The summed E-state index contributed by atoms with van der Waals surface area (Å²) in [6.07, 6.45) is 3.14. The first kappa shape index (κ1) is 19.2. The summed E-state index contributed by atoms with van der Waals surface area (Å²) < 4.78 is 0. The van der Waals surface area contributed by atoms with Crippen LogP contribution in [0.4, 0.5) is 0 Å². The Balaban J connectivity index is 0.00000208. The first-order valence-electron chi connectivity index (χ1n) is 8.44. The van der Waals surface area contributed by atoms with Crippen molar-refractivity contribution in [2.45, 2.75) is 26.2 Å². The number of carbonyl (C=O) groups excluding carboxylic acids is 2. The molecule has 134 valence electrons. The second-order valence-electron chi connectivity index (χ2n) is 6.56. The molecular weight excluding hydrogens is 346 g/mol. The molecule has 2 atom stereocenters. The van der Waals surface area contributed by atoms with E-state index in [0.717, 1.165) is 29.0 Å². The van der Waals surface area contributed by atoms with Gasteiger partial charge in [-0.25, -0.2) is 0 Å². The van der Waals surface area contributed by atoms with Crippen molar-refractivity contribution in [1.82, 2.24) is 9.80 Å². The summed E-state index contributed by atoms with van der Waals surface area (Å²) in [6, 6.07) is 3.87. The molecule has 1 saturated heterocycles. The maximum absolute atomic E-state index is 12.7. The Morgan fingerprint density at radius 2 is 1.83 bits per heavy atom. The summed E-state index contributed by atoms with van der Waals surface area (Å²) in [5.41, 5.74) is 5.80. The third-order valence-corrected chi connectivity index (χ3v) is 6.10. The van der Waals surface area contributed by atoms with Crippen LogP contribution in [0.15, 0.2) is 12.1 Å². The molecule has 2 amide bonds. The third-order valence-electron chi connectivity index (χ3n) is 5.11. The molecule has 0 unspecified atom stereocenters. The summed E-state index contributed by atoms with van der Waals surface area (Å²) in [6.45, 7) is 5.15. The average molecular weight is 372 g/mol. The van der Waals surface area contributed by atoms with E-state index in [9.17, 15) is 9.59 Å². The molecule has 1 aliphatic heterocycles. The lowest BCUT2D eigenvalue weighted by molar-refractivity contribution is -0.138. The minimum atomic E-state index is 0. The molecule has 2 aliphatic rings. The Kier molecular flexibility index (Phi) is 6.66. The Bertz CT molecular complexity index is 584. The smallest absolute Gasteiger partial charge is 0.264 e. The second-order valence-corrected chi connectivity index (χ2v) is 7.85. The molecular formula is C17H26ClN3O2S. The number of carbonyl (C=O) groups is 2. The van der Waals surface area contributed by atoms with E-state index < -0.39 is 0 Å². The number of nitrogens with zero attached hydrogens (tertiary/aromatic N) is 2. The normalized spacial score (nSPS) is 23.9. The average Bonchev–Trinajstić information content (AvgIpc) is 3.22. The van der Waals surface area contributed by atoms with E-state index in [-0.39, 0.29) is 30.1 Å². The highest BCUT2D eigenvalue weighted by atomic mass is 35.5. The zero-order valence-corrected chi connectivity index (χ0v) is 15.7. The van der Waals surface area contributed by atoms with Gasteiger partial charge in [-0.05, 0) is 44.4 Å². The number of rotatable bonds is 3. The van der Waals surface area contributed by atoms with Gasteiger partial charge in [-0.2, -0.15) is 0 Å². The standard InChI is InChI=1S/C17H25N3O2S.ClH/c1-12-5-6-15(23-12)17(22)20-9-7-19(8-10-20)16(21)14-4-2-3-13(14)11-18;/h5-6,13-14H,2-4,7-11,18H2,1H3;1H/t13-,14-;/m1./s1. The molecule has 0 radical (unpaired) electrons. The highest BCUT2D eigenvalue weighted by Crippen LogP contribution is 2.32. The van der Waals surface area contributed by atoms with Crippen LogP contribution in [0.1, 0.15) is 33.8 Å². The van der Waals surface area contributed by atoms with Gasteiger partial charge in [0, 0.05) is 37.0 Å². The predicted molar refractivity (Wildman–Crippen MR) is 98.7 cm³/mol. The topological polar surface area (TPSA) is 66.6 Å². The number of amides is 2. The Morgan fingerprint density at radius 1 is 1.17 bits per heavy atom. The summed E-state index contributed by atoms with van der Waals surface area (Å²) in [5, 5.41) is 0. The Labute approximate surface area is 153 Å². The van der Waals surface area contributed by atoms with Crippen LogP contribution in [0.2, 0.25) is 0 Å². The van der Waals surface area contributed by atoms with Crippen LogP contribution in [0, 0.1) is 18.8 Å². The molecule has 3 rings (SSSR count). The quantitative estimate of drug-likeness (QED) is 0.885. The minimum absolute atomic E-state index is 0. The fourth-order valence-electron chi connectivity index (χ4n) is 3.71. The van der Waals surface area contributed by atoms with E-state index >= 15 is 0 Å². The van der Waals surface area contributed by atoms with E-state index in [0.29, 0.717) is 38.6 Å². The van der Waals surface area contributed by atoms with Crippen molar-refractivity contribution in [3.05, 3.63) is 21.9 Å². The van der Waals surface area contributed by atoms with Crippen molar-refractivity contribution in [3.63, 3.8) is 0 Å². The first-order valence-corrected chi connectivity index (χ1v) is 9.26. The fraction of sp³-hybridized carbons (Fsp3) is 0.647. The molecule has 5 nitrogen and oxygen atoms in total. The van der Waals surface area contributed by atoms with Gasteiger partial charge in [0.25, 0.3) is 5.91 Å². The predicted octanol–water partition coefficient (Wildman–Crippen LogP) is 2.14. The molecule has 2 heterocycles. The molecule has 0 aromatic carbocycles. The highest BCUT2D eigenvalue weighted by molar-refractivity contribution is 7.13. The zero-order chi connectivity index (χ0) is 16.4. The number of halogens is 1. The summed E-state index contributed by atoms with van der Waals surface area (Å²) in [5.74, 6) is 0.784. The van der Waals surface area contributed by atoms with Crippen molar-refractivity contribution in [3.8, 4) is 0 Å². The van der Waals surface area contributed by atoms with E-state index in [1.165, 1.54) is 11.3 Å². The lowest BCUT2D eigenvalue weighted by atomic mass is 9.94. The van der Waals surface area contributed by atoms with Crippen LogP contribution < -0.4 is 5.73 Å². The highest BCUT2D eigenvalue weighted by Gasteiger charge is 2.36. The van der Waals surface area contributed by atoms with Crippen LogP contribution in [0.5, 0.6) is 0 Å². The molecule has 0 bridgehead atoms.